The largest absolute Gasteiger partial charge is 1.00 e. The van der Waals surface area contributed by atoms with Crippen molar-refractivity contribution in [3.63, 3.8) is 0 Å². The third kappa shape index (κ3) is 2.70. The molecule has 5 nitrogen and oxygen atoms in total. The third-order valence-corrected chi connectivity index (χ3v) is 5.73. The van der Waals surface area contributed by atoms with Crippen LogP contribution in [0.25, 0.3) is 22.0 Å². The van der Waals surface area contributed by atoms with Crippen molar-refractivity contribution >= 4 is 26.7 Å². The second-order valence-corrected chi connectivity index (χ2v) is 7.24. The van der Waals surface area contributed by atoms with Gasteiger partial charge in [0.05, 0.1) is 25.2 Å². The molecule has 3 heterocycles. The maximum Gasteiger partial charge on any atom is 0.231 e. The minimum atomic E-state index is 0. The first-order valence-corrected chi connectivity index (χ1v) is 9.19. The van der Waals surface area contributed by atoms with Gasteiger partial charge < -0.3 is 31.4 Å². The van der Waals surface area contributed by atoms with Crippen molar-refractivity contribution in [3.05, 3.63) is 40.5 Å². The lowest BCUT2D eigenvalue weighted by molar-refractivity contribution is -0.686. The first-order valence-electron chi connectivity index (χ1n) is 8.40. The molecule has 0 spiro atoms. The summed E-state index contributed by atoms with van der Waals surface area (Å²) in [5.74, 6) is 3.11. The van der Waals surface area contributed by atoms with Crippen molar-refractivity contribution < 1.29 is 35.9 Å². The van der Waals surface area contributed by atoms with Crippen LogP contribution in [0.1, 0.15) is 5.56 Å². The Balaban J connectivity index is 0.00000180. The van der Waals surface area contributed by atoms with E-state index in [1.807, 2.05) is 6.07 Å². The Labute approximate surface area is 171 Å². The van der Waals surface area contributed by atoms with Gasteiger partial charge in [0.25, 0.3) is 0 Å². The number of hydrogen-bond acceptors (Lipinski definition) is 4. The minimum absolute atomic E-state index is 0. The van der Waals surface area contributed by atoms with Crippen LogP contribution in [-0.4, -0.2) is 21.0 Å². The molecule has 0 saturated carbocycles. The second kappa shape index (κ2) is 6.77. The van der Waals surface area contributed by atoms with E-state index in [1.54, 1.807) is 14.2 Å². The van der Waals surface area contributed by atoms with Gasteiger partial charge in [0.1, 0.15) is 0 Å². The first kappa shape index (κ1) is 18.2. The van der Waals surface area contributed by atoms with Gasteiger partial charge in [-0.1, -0.05) is 15.9 Å². The van der Waals surface area contributed by atoms with Gasteiger partial charge in [-0.25, -0.2) is 0 Å². The molecule has 0 N–H and O–H groups in total. The van der Waals surface area contributed by atoms with E-state index in [1.165, 1.54) is 11.1 Å². The third-order valence-electron chi connectivity index (χ3n) is 5.07. The van der Waals surface area contributed by atoms with Gasteiger partial charge in [-0.2, -0.15) is 4.57 Å². The van der Waals surface area contributed by atoms with Crippen molar-refractivity contribution in [1.29, 1.82) is 0 Å². The molecular formula is C20H17BrClNO4. The molecule has 3 aromatic rings. The smallest absolute Gasteiger partial charge is 0.231 e. The van der Waals surface area contributed by atoms with Crippen molar-refractivity contribution in [1.82, 2.24) is 0 Å². The maximum atomic E-state index is 5.63. The van der Waals surface area contributed by atoms with Gasteiger partial charge in [0.15, 0.2) is 35.7 Å². The quantitative estimate of drug-likeness (QED) is 0.543. The molecule has 0 aliphatic carbocycles. The number of benzene rings is 2. The number of rotatable bonds is 2. The van der Waals surface area contributed by atoms with Crippen LogP contribution in [0.4, 0.5) is 0 Å². The van der Waals surface area contributed by atoms with E-state index in [2.05, 4.69) is 44.9 Å². The van der Waals surface area contributed by atoms with Crippen LogP contribution in [-0.2, 0) is 13.0 Å². The fourth-order valence-corrected chi connectivity index (χ4v) is 4.35. The van der Waals surface area contributed by atoms with Crippen LogP contribution < -0.4 is 35.9 Å². The number of pyridine rings is 1. The summed E-state index contributed by atoms with van der Waals surface area (Å²) in [6.45, 7) is 1.19. The number of fused-ring (bicyclic) bond motifs is 5. The van der Waals surface area contributed by atoms with Crippen LogP contribution in [0.5, 0.6) is 23.0 Å². The van der Waals surface area contributed by atoms with Crippen LogP contribution in [0.15, 0.2) is 34.9 Å². The fourth-order valence-electron chi connectivity index (χ4n) is 3.81. The maximum absolute atomic E-state index is 5.63. The van der Waals surface area contributed by atoms with Gasteiger partial charge in [0, 0.05) is 22.3 Å². The van der Waals surface area contributed by atoms with Gasteiger partial charge in [-0.15, -0.1) is 0 Å². The number of ether oxygens (including phenoxy) is 4. The van der Waals surface area contributed by atoms with E-state index in [9.17, 15) is 0 Å². The summed E-state index contributed by atoms with van der Waals surface area (Å²) in [5, 5.41) is 2.10. The molecule has 2 aliphatic rings. The molecule has 2 aromatic carbocycles. The second-order valence-electron chi connectivity index (χ2n) is 6.39. The van der Waals surface area contributed by atoms with Crippen molar-refractivity contribution in [2.45, 2.75) is 13.0 Å². The highest BCUT2D eigenvalue weighted by atomic mass is 79.9. The standard InChI is InChI=1S/C20H17BrNO4.ClH/c1-23-19-8-15(21)13-6-16-12-7-18-17(25-10-26-18)5-11(12)3-4-22(16)9-14(13)20(19)24-2;/h5-9H,3-4,10H2,1-2H3;1H/q+1;/p-1. The summed E-state index contributed by atoms with van der Waals surface area (Å²) >= 11 is 3.68. The molecule has 0 bridgehead atoms. The summed E-state index contributed by atoms with van der Waals surface area (Å²) in [6, 6.07) is 8.33. The molecule has 5 rings (SSSR count). The lowest BCUT2D eigenvalue weighted by atomic mass is 9.95. The number of methoxy groups -OCH3 is 2. The number of halogens is 2. The summed E-state index contributed by atoms with van der Waals surface area (Å²) < 4.78 is 25.5. The Morgan fingerprint density at radius 3 is 2.52 bits per heavy atom. The molecule has 0 fully saturated rings. The lowest BCUT2D eigenvalue weighted by Gasteiger charge is -2.18. The predicted octanol–water partition coefficient (Wildman–Crippen LogP) is 0.863. The van der Waals surface area contributed by atoms with Crippen LogP contribution in [0, 0.1) is 0 Å². The van der Waals surface area contributed by atoms with E-state index in [0.717, 1.165) is 51.2 Å². The Morgan fingerprint density at radius 1 is 1.00 bits per heavy atom. The SMILES string of the molecule is COc1cc(Br)c2cc3[n+](cc2c1OC)CCc1cc2c(cc1-3)OCO2.[Cl-]. The Bertz CT molecular complexity index is 1070. The van der Waals surface area contributed by atoms with E-state index in [0.29, 0.717) is 12.5 Å². The highest BCUT2D eigenvalue weighted by molar-refractivity contribution is 9.10. The van der Waals surface area contributed by atoms with Gasteiger partial charge in [-0.05, 0) is 23.8 Å². The number of aryl methyl sites for hydroxylation is 2. The zero-order chi connectivity index (χ0) is 17.8. The summed E-state index contributed by atoms with van der Waals surface area (Å²) in [5.41, 5.74) is 3.62. The predicted molar refractivity (Wildman–Crippen MR) is 100 cm³/mol. The van der Waals surface area contributed by atoms with E-state index in [-0.39, 0.29) is 12.4 Å². The average molecular weight is 451 g/mol. The Hall–Kier alpha value is -2.18. The minimum Gasteiger partial charge on any atom is -1.00 e. The first-order chi connectivity index (χ1) is 12.7. The Kier molecular flexibility index (Phi) is 4.56. The highest BCUT2D eigenvalue weighted by Gasteiger charge is 2.29. The fraction of sp³-hybridized carbons (Fsp3) is 0.250. The highest BCUT2D eigenvalue weighted by Crippen LogP contribution is 2.43. The molecule has 1 aromatic heterocycles. The Morgan fingerprint density at radius 2 is 1.78 bits per heavy atom. The number of hydrogen-bond donors (Lipinski definition) is 0. The zero-order valence-corrected chi connectivity index (χ0v) is 17.2. The molecule has 2 aliphatic heterocycles. The van der Waals surface area contributed by atoms with Crippen molar-refractivity contribution in [2.75, 3.05) is 21.0 Å². The monoisotopic (exact) mass is 449 g/mol. The van der Waals surface area contributed by atoms with E-state index in [4.69, 9.17) is 18.9 Å². The summed E-state index contributed by atoms with van der Waals surface area (Å²) in [7, 11) is 3.33. The molecule has 7 heteroatoms. The van der Waals surface area contributed by atoms with Crippen molar-refractivity contribution in [3.8, 4) is 34.3 Å². The number of aromatic nitrogens is 1. The summed E-state index contributed by atoms with van der Waals surface area (Å²) in [4.78, 5) is 0. The van der Waals surface area contributed by atoms with Gasteiger partial charge >= 0.3 is 0 Å². The molecule has 0 unspecified atom stereocenters. The topological polar surface area (TPSA) is 40.8 Å². The van der Waals surface area contributed by atoms with Gasteiger partial charge in [0.2, 0.25) is 12.5 Å². The lowest BCUT2D eigenvalue weighted by Crippen LogP contribution is -3.00. The average Bonchev–Trinajstić information content (AvgIpc) is 3.12. The summed E-state index contributed by atoms with van der Waals surface area (Å²) in [6.07, 6.45) is 3.09. The molecule has 0 saturated heterocycles. The molecule has 140 valence electrons. The molecule has 27 heavy (non-hydrogen) atoms. The van der Waals surface area contributed by atoms with Crippen molar-refractivity contribution in [2.24, 2.45) is 0 Å². The zero-order valence-electron chi connectivity index (χ0n) is 14.8. The molecule has 0 atom stereocenters. The van der Waals surface area contributed by atoms with Crippen LogP contribution in [0.3, 0.4) is 0 Å². The van der Waals surface area contributed by atoms with Gasteiger partial charge in [-0.3, -0.25) is 0 Å². The molecule has 0 radical (unpaired) electrons. The van der Waals surface area contributed by atoms with E-state index >= 15 is 0 Å². The normalized spacial score (nSPS) is 13.6. The van der Waals surface area contributed by atoms with Crippen LogP contribution >= 0.6 is 15.9 Å². The van der Waals surface area contributed by atoms with E-state index < -0.39 is 0 Å². The molecular weight excluding hydrogens is 434 g/mol. The number of nitrogens with zero attached hydrogens (tertiary/aromatic N) is 1. The molecule has 0 amide bonds. The van der Waals surface area contributed by atoms with Crippen LogP contribution in [0.2, 0.25) is 0 Å².